The summed E-state index contributed by atoms with van der Waals surface area (Å²) < 4.78 is 10.4. The number of anilines is 1. The first kappa shape index (κ1) is 20.9. The SMILES string of the molecule is Cc1cc(CC(=O)Nc2cc([C@H]3CC[C@@H](COC(=O)NC(C)C)CC3)[nH]n2)on1. The summed E-state index contributed by atoms with van der Waals surface area (Å²) in [5.74, 6) is 1.59. The third-order valence-electron chi connectivity index (χ3n) is 5.02. The van der Waals surface area contributed by atoms with E-state index < -0.39 is 0 Å². The molecular weight excluding hydrogens is 374 g/mol. The molecule has 0 unspecified atom stereocenters. The third kappa shape index (κ3) is 6.33. The second-order valence-electron chi connectivity index (χ2n) is 7.98. The summed E-state index contributed by atoms with van der Waals surface area (Å²) in [7, 11) is 0. The fraction of sp³-hybridized carbons (Fsp3) is 0.600. The first-order valence-corrected chi connectivity index (χ1v) is 10.1. The Morgan fingerprint density at radius 2 is 2.03 bits per heavy atom. The van der Waals surface area contributed by atoms with Crippen molar-refractivity contribution in [3.63, 3.8) is 0 Å². The molecule has 3 N–H and O–H groups in total. The Labute approximate surface area is 169 Å². The van der Waals surface area contributed by atoms with E-state index in [9.17, 15) is 9.59 Å². The lowest BCUT2D eigenvalue weighted by Crippen LogP contribution is -2.32. The maximum Gasteiger partial charge on any atom is 0.407 e. The number of aryl methyl sites for hydroxylation is 1. The lowest BCUT2D eigenvalue weighted by atomic mass is 9.81. The van der Waals surface area contributed by atoms with E-state index in [2.05, 4.69) is 26.0 Å². The molecule has 0 saturated heterocycles. The number of ether oxygens (including phenoxy) is 1. The highest BCUT2D eigenvalue weighted by Crippen LogP contribution is 2.35. The fourth-order valence-corrected chi connectivity index (χ4v) is 3.57. The van der Waals surface area contributed by atoms with E-state index in [1.165, 1.54) is 0 Å². The number of hydrogen-bond acceptors (Lipinski definition) is 6. The minimum Gasteiger partial charge on any atom is -0.449 e. The van der Waals surface area contributed by atoms with Gasteiger partial charge in [0, 0.05) is 29.8 Å². The Kier molecular flexibility index (Phi) is 6.90. The Morgan fingerprint density at radius 1 is 1.28 bits per heavy atom. The molecule has 29 heavy (non-hydrogen) atoms. The maximum absolute atomic E-state index is 12.1. The van der Waals surface area contributed by atoms with Crippen molar-refractivity contribution in [3.8, 4) is 0 Å². The topological polar surface area (TPSA) is 122 Å². The van der Waals surface area contributed by atoms with Crippen molar-refractivity contribution in [1.29, 1.82) is 0 Å². The van der Waals surface area contributed by atoms with Crippen molar-refractivity contribution < 1.29 is 18.8 Å². The van der Waals surface area contributed by atoms with E-state index in [1.807, 2.05) is 26.8 Å². The van der Waals surface area contributed by atoms with Crippen LogP contribution in [0.1, 0.15) is 62.6 Å². The molecule has 0 aromatic carbocycles. The Bertz CT molecular complexity index is 820. The van der Waals surface area contributed by atoms with Gasteiger partial charge in [0.15, 0.2) is 5.82 Å². The van der Waals surface area contributed by atoms with Gasteiger partial charge in [-0.15, -0.1) is 0 Å². The molecule has 2 amide bonds. The van der Waals surface area contributed by atoms with E-state index in [-0.39, 0.29) is 24.5 Å². The second-order valence-corrected chi connectivity index (χ2v) is 7.98. The molecule has 1 saturated carbocycles. The van der Waals surface area contributed by atoms with E-state index in [4.69, 9.17) is 9.26 Å². The second kappa shape index (κ2) is 9.58. The molecule has 0 aliphatic heterocycles. The van der Waals surface area contributed by atoms with Gasteiger partial charge in [-0.2, -0.15) is 5.10 Å². The number of aromatic amines is 1. The lowest BCUT2D eigenvalue weighted by Gasteiger charge is -2.27. The minimum atomic E-state index is -0.350. The molecule has 2 aromatic heterocycles. The van der Waals surface area contributed by atoms with Crippen molar-refractivity contribution in [3.05, 3.63) is 29.3 Å². The van der Waals surface area contributed by atoms with Crippen LogP contribution in [0, 0.1) is 12.8 Å². The zero-order chi connectivity index (χ0) is 20.8. The summed E-state index contributed by atoms with van der Waals surface area (Å²) in [6.07, 6.45) is 3.74. The zero-order valence-electron chi connectivity index (χ0n) is 17.2. The van der Waals surface area contributed by atoms with Crippen LogP contribution in [0.25, 0.3) is 0 Å². The smallest absolute Gasteiger partial charge is 0.407 e. The van der Waals surface area contributed by atoms with Crippen LogP contribution < -0.4 is 10.6 Å². The van der Waals surface area contributed by atoms with Gasteiger partial charge in [-0.05, 0) is 52.4 Å². The number of aromatic nitrogens is 3. The van der Waals surface area contributed by atoms with Crippen molar-refractivity contribution >= 4 is 17.8 Å². The van der Waals surface area contributed by atoms with Gasteiger partial charge < -0.3 is 19.9 Å². The zero-order valence-corrected chi connectivity index (χ0v) is 17.2. The number of nitrogens with one attached hydrogen (secondary N) is 3. The largest absolute Gasteiger partial charge is 0.449 e. The monoisotopic (exact) mass is 403 g/mol. The van der Waals surface area contributed by atoms with Gasteiger partial charge in [-0.1, -0.05) is 5.16 Å². The normalized spacial score (nSPS) is 19.2. The van der Waals surface area contributed by atoms with Gasteiger partial charge in [0.1, 0.15) is 5.76 Å². The van der Waals surface area contributed by atoms with Crippen molar-refractivity contribution in [2.75, 3.05) is 11.9 Å². The minimum absolute atomic E-state index is 0.0770. The first-order valence-electron chi connectivity index (χ1n) is 10.1. The number of H-pyrrole nitrogens is 1. The molecule has 1 aliphatic carbocycles. The molecule has 2 aromatic rings. The summed E-state index contributed by atoms with van der Waals surface area (Å²) in [5, 5.41) is 16.5. The molecular formula is C20H29N5O4. The van der Waals surface area contributed by atoms with Crippen LogP contribution in [0.15, 0.2) is 16.7 Å². The summed E-state index contributed by atoms with van der Waals surface area (Å²) in [6, 6.07) is 3.71. The van der Waals surface area contributed by atoms with Crippen LogP contribution in [0.4, 0.5) is 10.6 Å². The summed E-state index contributed by atoms with van der Waals surface area (Å²) >= 11 is 0. The van der Waals surface area contributed by atoms with Crippen molar-refractivity contribution in [2.45, 2.75) is 64.8 Å². The number of carbonyl (C=O) groups is 2. The molecule has 0 atom stereocenters. The molecule has 158 valence electrons. The molecule has 0 radical (unpaired) electrons. The van der Waals surface area contributed by atoms with Gasteiger partial charge in [-0.25, -0.2) is 4.79 Å². The van der Waals surface area contributed by atoms with E-state index in [1.54, 1.807) is 6.07 Å². The number of rotatable bonds is 7. The quantitative estimate of drug-likeness (QED) is 0.652. The van der Waals surface area contributed by atoms with Crippen LogP contribution in [-0.4, -0.2) is 40.0 Å². The standard InChI is InChI=1S/C20H29N5O4/c1-12(2)21-20(27)28-11-14-4-6-15(7-5-14)17-10-18(24-23-17)22-19(26)9-16-8-13(3)25-29-16/h8,10,12,14-15H,4-7,9,11H2,1-3H3,(H,21,27)(H2,22,23,24,26)/t14-,15+. The number of hydrogen-bond donors (Lipinski definition) is 3. The average molecular weight is 403 g/mol. The predicted octanol–water partition coefficient (Wildman–Crippen LogP) is 3.30. The van der Waals surface area contributed by atoms with Crippen LogP contribution in [-0.2, 0) is 16.0 Å². The Balaban J connectivity index is 1.42. The predicted molar refractivity (Wildman–Crippen MR) is 106 cm³/mol. The van der Waals surface area contributed by atoms with Crippen LogP contribution in [0.2, 0.25) is 0 Å². The van der Waals surface area contributed by atoms with Gasteiger partial charge in [-0.3, -0.25) is 9.89 Å². The Hall–Kier alpha value is -2.84. The molecule has 9 nitrogen and oxygen atoms in total. The van der Waals surface area contributed by atoms with Gasteiger partial charge in [0.25, 0.3) is 0 Å². The van der Waals surface area contributed by atoms with Crippen LogP contribution >= 0.6 is 0 Å². The van der Waals surface area contributed by atoms with Crippen molar-refractivity contribution in [1.82, 2.24) is 20.7 Å². The highest BCUT2D eigenvalue weighted by atomic mass is 16.5. The molecule has 0 bridgehead atoms. The lowest BCUT2D eigenvalue weighted by molar-refractivity contribution is -0.115. The highest BCUT2D eigenvalue weighted by molar-refractivity contribution is 5.91. The van der Waals surface area contributed by atoms with Crippen LogP contribution in [0.5, 0.6) is 0 Å². The number of amides is 2. The van der Waals surface area contributed by atoms with E-state index in [0.29, 0.717) is 30.0 Å². The molecule has 1 fully saturated rings. The van der Waals surface area contributed by atoms with Crippen LogP contribution in [0.3, 0.4) is 0 Å². The fourth-order valence-electron chi connectivity index (χ4n) is 3.57. The van der Waals surface area contributed by atoms with Gasteiger partial charge in [0.05, 0.1) is 18.7 Å². The van der Waals surface area contributed by atoms with Crippen molar-refractivity contribution in [2.24, 2.45) is 5.92 Å². The third-order valence-corrected chi connectivity index (χ3v) is 5.02. The average Bonchev–Trinajstić information content (AvgIpc) is 3.29. The summed E-state index contributed by atoms with van der Waals surface area (Å²) in [6.45, 7) is 6.08. The number of alkyl carbamates (subject to hydrolysis) is 1. The van der Waals surface area contributed by atoms with E-state index in [0.717, 1.165) is 37.1 Å². The molecule has 1 aliphatic rings. The number of carbonyl (C=O) groups excluding carboxylic acids is 2. The number of nitrogens with zero attached hydrogens (tertiary/aromatic N) is 2. The Morgan fingerprint density at radius 3 is 2.69 bits per heavy atom. The van der Waals surface area contributed by atoms with Gasteiger partial charge in [0.2, 0.25) is 5.91 Å². The molecule has 3 rings (SSSR count). The first-order chi connectivity index (χ1) is 13.9. The summed E-state index contributed by atoms with van der Waals surface area (Å²) in [5.41, 5.74) is 1.77. The molecule has 0 spiro atoms. The van der Waals surface area contributed by atoms with E-state index >= 15 is 0 Å². The van der Waals surface area contributed by atoms with Gasteiger partial charge >= 0.3 is 6.09 Å². The molecule has 2 heterocycles. The highest BCUT2D eigenvalue weighted by Gasteiger charge is 2.25. The maximum atomic E-state index is 12.1. The summed E-state index contributed by atoms with van der Waals surface area (Å²) in [4.78, 5) is 23.7. The molecule has 9 heteroatoms.